The van der Waals surface area contributed by atoms with Gasteiger partial charge in [0, 0.05) is 11.6 Å². The molecular formula is C15H15FN2O4S. The van der Waals surface area contributed by atoms with Crippen LogP contribution in [-0.2, 0) is 9.84 Å². The van der Waals surface area contributed by atoms with E-state index in [1.807, 2.05) is 0 Å². The number of carbonyl (C=O) groups is 1. The molecule has 0 aliphatic carbocycles. The molecule has 3 rings (SSSR count). The van der Waals surface area contributed by atoms with Crippen LogP contribution in [0.4, 0.5) is 4.39 Å². The zero-order chi connectivity index (χ0) is 16.7. The summed E-state index contributed by atoms with van der Waals surface area (Å²) < 4.78 is 41.8. The minimum absolute atomic E-state index is 0.0423. The molecule has 1 N–H and O–H groups in total. The molecule has 23 heavy (non-hydrogen) atoms. The Morgan fingerprint density at radius 3 is 2.78 bits per heavy atom. The number of nitrogens with one attached hydrogen (secondary N) is 1. The molecule has 0 spiro atoms. The average Bonchev–Trinajstić information content (AvgIpc) is 3.04. The van der Waals surface area contributed by atoms with Gasteiger partial charge in [-0.25, -0.2) is 12.8 Å². The Labute approximate surface area is 132 Å². The van der Waals surface area contributed by atoms with Crippen LogP contribution in [0.3, 0.4) is 0 Å². The molecule has 2 aromatic rings. The van der Waals surface area contributed by atoms with Crippen molar-refractivity contribution in [3.8, 4) is 11.3 Å². The first-order valence-electron chi connectivity index (χ1n) is 7.03. The van der Waals surface area contributed by atoms with Gasteiger partial charge >= 0.3 is 0 Å². The average molecular weight is 338 g/mol. The number of carbonyl (C=O) groups excluding carboxylic acids is 1. The topological polar surface area (TPSA) is 89.3 Å². The molecule has 2 heterocycles. The first-order chi connectivity index (χ1) is 10.8. The Hall–Kier alpha value is -2.22. The number of amides is 1. The SMILES string of the molecule is CC1(NC(=O)c2cc(-c3ccccc3F)no2)CCS(=O)(=O)C1. The maximum Gasteiger partial charge on any atom is 0.290 e. The van der Waals surface area contributed by atoms with Gasteiger partial charge in [-0.15, -0.1) is 0 Å². The summed E-state index contributed by atoms with van der Waals surface area (Å²) in [4.78, 5) is 12.2. The smallest absolute Gasteiger partial charge is 0.290 e. The van der Waals surface area contributed by atoms with Gasteiger partial charge < -0.3 is 9.84 Å². The lowest BCUT2D eigenvalue weighted by Gasteiger charge is -2.22. The van der Waals surface area contributed by atoms with E-state index in [1.165, 1.54) is 18.2 Å². The van der Waals surface area contributed by atoms with E-state index in [1.54, 1.807) is 19.1 Å². The summed E-state index contributed by atoms with van der Waals surface area (Å²) in [5.74, 6) is -1.20. The standard InChI is InChI=1S/C15H15FN2O4S/c1-15(6-7-23(20,21)9-15)17-14(19)13-8-12(18-22-13)10-4-2-3-5-11(10)16/h2-5,8H,6-7,9H2,1H3,(H,17,19). The summed E-state index contributed by atoms with van der Waals surface area (Å²) in [5.41, 5.74) is -0.400. The lowest BCUT2D eigenvalue weighted by molar-refractivity contribution is 0.0877. The largest absolute Gasteiger partial charge is 0.350 e. The molecule has 1 amide bonds. The molecule has 1 atom stereocenters. The maximum atomic E-state index is 13.7. The molecule has 0 saturated carbocycles. The molecule has 1 unspecified atom stereocenters. The summed E-state index contributed by atoms with van der Waals surface area (Å²) in [6.45, 7) is 1.67. The molecule has 1 saturated heterocycles. The van der Waals surface area contributed by atoms with E-state index in [0.717, 1.165) is 0 Å². The minimum Gasteiger partial charge on any atom is -0.350 e. The van der Waals surface area contributed by atoms with E-state index in [2.05, 4.69) is 10.5 Å². The van der Waals surface area contributed by atoms with Crippen LogP contribution in [0, 0.1) is 5.82 Å². The van der Waals surface area contributed by atoms with Crippen molar-refractivity contribution in [2.45, 2.75) is 18.9 Å². The summed E-state index contributed by atoms with van der Waals surface area (Å²) >= 11 is 0. The molecule has 1 fully saturated rings. The van der Waals surface area contributed by atoms with Crippen LogP contribution in [0.2, 0.25) is 0 Å². The lowest BCUT2D eigenvalue weighted by Crippen LogP contribution is -2.46. The van der Waals surface area contributed by atoms with E-state index in [-0.39, 0.29) is 28.5 Å². The first kappa shape index (κ1) is 15.7. The van der Waals surface area contributed by atoms with Gasteiger partial charge in [-0.05, 0) is 25.5 Å². The summed E-state index contributed by atoms with van der Waals surface area (Å²) in [6.07, 6.45) is 0.343. The second-order valence-corrected chi connectivity index (χ2v) is 8.10. The fourth-order valence-electron chi connectivity index (χ4n) is 2.62. The highest BCUT2D eigenvalue weighted by atomic mass is 32.2. The van der Waals surface area contributed by atoms with Crippen LogP contribution in [0.15, 0.2) is 34.9 Å². The Morgan fingerprint density at radius 2 is 2.13 bits per heavy atom. The van der Waals surface area contributed by atoms with Crippen molar-refractivity contribution in [3.63, 3.8) is 0 Å². The van der Waals surface area contributed by atoms with Gasteiger partial charge in [0.25, 0.3) is 5.91 Å². The van der Waals surface area contributed by atoms with Gasteiger partial charge in [0.1, 0.15) is 11.5 Å². The second-order valence-electron chi connectivity index (χ2n) is 5.91. The van der Waals surface area contributed by atoms with E-state index in [9.17, 15) is 17.6 Å². The van der Waals surface area contributed by atoms with Crippen molar-refractivity contribution >= 4 is 15.7 Å². The third-order valence-electron chi connectivity index (χ3n) is 3.80. The van der Waals surface area contributed by atoms with Crippen molar-refractivity contribution < 1.29 is 22.1 Å². The molecule has 1 aromatic heterocycles. The van der Waals surface area contributed by atoms with Crippen LogP contribution >= 0.6 is 0 Å². The van der Waals surface area contributed by atoms with Gasteiger partial charge in [-0.2, -0.15) is 0 Å². The van der Waals surface area contributed by atoms with Gasteiger partial charge in [-0.1, -0.05) is 17.3 Å². The minimum atomic E-state index is -3.14. The maximum absolute atomic E-state index is 13.7. The zero-order valence-electron chi connectivity index (χ0n) is 12.4. The fraction of sp³-hybridized carbons (Fsp3) is 0.333. The number of aromatic nitrogens is 1. The third-order valence-corrected chi connectivity index (χ3v) is 5.71. The Balaban J connectivity index is 1.79. The van der Waals surface area contributed by atoms with Crippen LogP contribution in [-0.4, -0.2) is 36.5 Å². The van der Waals surface area contributed by atoms with Crippen LogP contribution in [0.25, 0.3) is 11.3 Å². The van der Waals surface area contributed by atoms with E-state index in [4.69, 9.17) is 4.52 Å². The summed E-state index contributed by atoms with van der Waals surface area (Å²) in [6, 6.07) is 7.35. The molecule has 0 bridgehead atoms. The lowest BCUT2D eigenvalue weighted by atomic mass is 10.0. The summed E-state index contributed by atoms with van der Waals surface area (Å²) in [5, 5.41) is 6.36. The van der Waals surface area contributed by atoms with Crippen molar-refractivity contribution in [1.82, 2.24) is 10.5 Å². The van der Waals surface area contributed by atoms with E-state index in [0.29, 0.717) is 6.42 Å². The van der Waals surface area contributed by atoms with Gasteiger partial charge in [0.15, 0.2) is 9.84 Å². The number of hydrogen-bond donors (Lipinski definition) is 1. The molecule has 0 radical (unpaired) electrons. The van der Waals surface area contributed by atoms with E-state index >= 15 is 0 Å². The Bertz CT molecular complexity index is 862. The van der Waals surface area contributed by atoms with Gasteiger partial charge in [0.05, 0.1) is 17.0 Å². The molecule has 8 heteroatoms. The van der Waals surface area contributed by atoms with E-state index < -0.39 is 27.1 Å². The van der Waals surface area contributed by atoms with Crippen LogP contribution in [0.1, 0.15) is 23.9 Å². The summed E-state index contributed by atoms with van der Waals surface area (Å²) in [7, 11) is -3.14. The molecular weight excluding hydrogens is 323 g/mol. The molecule has 1 aliphatic heterocycles. The molecule has 122 valence electrons. The van der Waals surface area contributed by atoms with Crippen molar-refractivity contribution in [2.75, 3.05) is 11.5 Å². The highest BCUT2D eigenvalue weighted by Crippen LogP contribution is 2.25. The number of halogens is 1. The molecule has 1 aromatic carbocycles. The predicted octanol–water partition coefficient (Wildman–Crippen LogP) is 1.79. The normalized spacial score (nSPS) is 22.9. The van der Waals surface area contributed by atoms with Crippen molar-refractivity contribution in [3.05, 3.63) is 41.9 Å². The first-order valence-corrected chi connectivity index (χ1v) is 8.85. The second kappa shape index (κ2) is 5.45. The predicted molar refractivity (Wildman–Crippen MR) is 81.0 cm³/mol. The monoisotopic (exact) mass is 338 g/mol. The fourth-order valence-corrected chi connectivity index (χ4v) is 4.72. The molecule has 6 nitrogen and oxygen atoms in total. The highest BCUT2D eigenvalue weighted by molar-refractivity contribution is 7.91. The molecule has 1 aliphatic rings. The Kier molecular flexibility index (Phi) is 3.71. The highest BCUT2D eigenvalue weighted by Gasteiger charge is 2.40. The van der Waals surface area contributed by atoms with Crippen LogP contribution in [0.5, 0.6) is 0 Å². The van der Waals surface area contributed by atoms with Gasteiger partial charge in [-0.3, -0.25) is 4.79 Å². The Morgan fingerprint density at radius 1 is 1.39 bits per heavy atom. The number of rotatable bonds is 3. The zero-order valence-corrected chi connectivity index (χ0v) is 13.2. The van der Waals surface area contributed by atoms with Crippen molar-refractivity contribution in [1.29, 1.82) is 0 Å². The van der Waals surface area contributed by atoms with Crippen molar-refractivity contribution in [2.24, 2.45) is 0 Å². The third kappa shape index (κ3) is 3.26. The van der Waals surface area contributed by atoms with Gasteiger partial charge in [0.2, 0.25) is 5.76 Å². The number of nitrogens with zero attached hydrogens (tertiary/aromatic N) is 1. The number of hydrogen-bond acceptors (Lipinski definition) is 5. The number of sulfone groups is 1. The van der Waals surface area contributed by atoms with Crippen LogP contribution < -0.4 is 5.32 Å². The quantitative estimate of drug-likeness (QED) is 0.921. The number of benzene rings is 1.